The Labute approximate surface area is 159 Å². The van der Waals surface area contributed by atoms with E-state index in [1.165, 1.54) is 0 Å². The monoisotopic (exact) mass is 376 g/mol. The number of carbonyl (C=O) groups is 2. The Morgan fingerprint density at radius 2 is 1.85 bits per heavy atom. The first-order chi connectivity index (χ1) is 13.2. The molecule has 27 heavy (non-hydrogen) atoms. The smallest absolute Gasteiger partial charge is 0.317 e. The molecule has 3 rings (SSSR count). The molecular formula is C19H28N4O4. The van der Waals surface area contributed by atoms with Gasteiger partial charge < -0.3 is 25.0 Å². The van der Waals surface area contributed by atoms with Crippen LogP contribution in [-0.4, -0.2) is 80.3 Å². The molecule has 0 radical (unpaired) electrons. The molecule has 0 saturated carbocycles. The molecule has 2 heterocycles. The Bertz CT molecular complexity index is 646. The van der Waals surface area contributed by atoms with E-state index in [0.29, 0.717) is 58.2 Å². The maximum atomic E-state index is 12.4. The zero-order valence-corrected chi connectivity index (χ0v) is 15.8. The van der Waals surface area contributed by atoms with E-state index >= 15 is 0 Å². The van der Waals surface area contributed by atoms with Crippen LogP contribution in [0.3, 0.4) is 0 Å². The number of fused-ring (bicyclic) bond motifs is 1. The highest BCUT2D eigenvalue weighted by atomic mass is 16.6. The predicted molar refractivity (Wildman–Crippen MR) is 101 cm³/mol. The highest BCUT2D eigenvalue weighted by molar-refractivity contribution is 5.78. The van der Waals surface area contributed by atoms with Crippen LogP contribution in [0.25, 0.3) is 0 Å². The zero-order valence-electron chi connectivity index (χ0n) is 15.8. The SMILES string of the molecule is CCCNC(=O)CN1CCN(C(=O)NCC2COc3ccccc3O2)CC1. The summed E-state index contributed by atoms with van der Waals surface area (Å²) in [7, 11) is 0. The van der Waals surface area contributed by atoms with E-state index in [4.69, 9.17) is 9.47 Å². The number of carbonyl (C=O) groups excluding carboxylic acids is 2. The summed E-state index contributed by atoms with van der Waals surface area (Å²) in [6.07, 6.45) is 0.730. The summed E-state index contributed by atoms with van der Waals surface area (Å²) >= 11 is 0. The lowest BCUT2D eigenvalue weighted by Gasteiger charge is -2.34. The zero-order chi connectivity index (χ0) is 19.1. The van der Waals surface area contributed by atoms with E-state index in [2.05, 4.69) is 15.5 Å². The lowest BCUT2D eigenvalue weighted by molar-refractivity contribution is -0.122. The summed E-state index contributed by atoms with van der Waals surface area (Å²) in [4.78, 5) is 28.0. The summed E-state index contributed by atoms with van der Waals surface area (Å²) in [5.41, 5.74) is 0. The van der Waals surface area contributed by atoms with Crippen LogP contribution in [0.5, 0.6) is 11.5 Å². The minimum atomic E-state index is -0.201. The van der Waals surface area contributed by atoms with Gasteiger partial charge in [-0.1, -0.05) is 19.1 Å². The average Bonchev–Trinajstić information content (AvgIpc) is 2.71. The molecule has 1 aromatic carbocycles. The van der Waals surface area contributed by atoms with Crippen molar-refractivity contribution >= 4 is 11.9 Å². The first-order valence-corrected chi connectivity index (χ1v) is 9.56. The number of urea groups is 1. The van der Waals surface area contributed by atoms with Gasteiger partial charge in [0, 0.05) is 32.7 Å². The van der Waals surface area contributed by atoms with Gasteiger partial charge in [-0.25, -0.2) is 4.79 Å². The minimum Gasteiger partial charge on any atom is -0.486 e. The molecule has 2 aliphatic heterocycles. The molecular weight excluding hydrogens is 348 g/mol. The number of ether oxygens (including phenoxy) is 2. The van der Waals surface area contributed by atoms with Crippen molar-refractivity contribution in [1.82, 2.24) is 20.4 Å². The summed E-state index contributed by atoms with van der Waals surface area (Å²) < 4.78 is 11.5. The molecule has 1 fully saturated rings. The highest BCUT2D eigenvalue weighted by Crippen LogP contribution is 2.30. The first-order valence-electron chi connectivity index (χ1n) is 9.56. The molecule has 1 atom stereocenters. The van der Waals surface area contributed by atoms with Gasteiger partial charge in [-0.3, -0.25) is 9.69 Å². The Balaban J connectivity index is 1.36. The number of nitrogens with zero attached hydrogens (tertiary/aromatic N) is 2. The van der Waals surface area contributed by atoms with Gasteiger partial charge in [0.25, 0.3) is 0 Å². The van der Waals surface area contributed by atoms with Crippen molar-refractivity contribution in [3.63, 3.8) is 0 Å². The fourth-order valence-electron chi connectivity index (χ4n) is 3.11. The molecule has 1 aromatic rings. The molecule has 2 aliphatic rings. The molecule has 0 spiro atoms. The summed E-state index contributed by atoms with van der Waals surface area (Å²) in [6.45, 7) is 6.55. The van der Waals surface area contributed by atoms with Crippen LogP contribution in [0, 0.1) is 0 Å². The molecule has 3 amide bonds. The fraction of sp³-hybridized carbons (Fsp3) is 0.579. The van der Waals surface area contributed by atoms with Crippen molar-refractivity contribution < 1.29 is 19.1 Å². The fourth-order valence-corrected chi connectivity index (χ4v) is 3.11. The quantitative estimate of drug-likeness (QED) is 0.763. The van der Waals surface area contributed by atoms with Crippen molar-refractivity contribution in [3.8, 4) is 11.5 Å². The molecule has 8 heteroatoms. The van der Waals surface area contributed by atoms with Crippen molar-refractivity contribution in [1.29, 1.82) is 0 Å². The van der Waals surface area contributed by atoms with E-state index in [-0.39, 0.29) is 18.0 Å². The number of benzene rings is 1. The number of para-hydroxylation sites is 2. The van der Waals surface area contributed by atoms with Gasteiger partial charge in [-0.2, -0.15) is 0 Å². The van der Waals surface area contributed by atoms with Gasteiger partial charge in [0.05, 0.1) is 13.1 Å². The number of amides is 3. The van der Waals surface area contributed by atoms with Gasteiger partial charge in [0.15, 0.2) is 17.6 Å². The Morgan fingerprint density at radius 1 is 1.11 bits per heavy atom. The van der Waals surface area contributed by atoms with E-state index in [9.17, 15) is 9.59 Å². The Morgan fingerprint density at radius 3 is 2.59 bits per heavy atom. The Kier molecular flexibility index (Phi) is 6.75. The van der Waals surface area contributed by atoms with E-state index in [1.807, 2.05) is 31.2 Å². The van der Waals surface area contributed by atoms with Crippen LogP contribution in [0.15, 0.2) is 24.3 Å². The third-order valence-electron chi connectivity index (χ3n) is 4.65. The molecule has 0 aliphatic carbocycles. The van der Waals surface area contributed by atoms with Gasteiger partial charge >= 0.3 is 6.03 Å². The van der Waals surface area contributed by atoms with Crippen molar-refractivity contribution in [2.45, 2.75) is 19.4 Å². The molecule has 0 aromatic heterocycles. The maximum absolute atomic E-state index is 12.4. The molecule has 1 unspecified atom stereocenters. The standard InChI is InChI=1S/C19H28N4O4/c1-2-7-20-18(24)13-22-8-10-23(11-9-22)19(25)21-12-15-14-26-16-5-3-4-6-17(16)27-15/h3-6,15H,2,7-14H2,1H3,(H,20,24)(H,21,25). The highest BCUT2D eigenvalue weighted by Gasteiger charge is 2.25. The summed E-state index contributed by atoms with van der Waals surface area (Å²) in [5.74, 6) is 1.49. The lowest BCUT2D eigenvalue weighted by Crippen LogP contribution is -2.54. The first kappa shape index (κ1) is 19.3. The van der Waals surface area contributed by atoms with Gasteiger partial charge in [0.2, 0.25) is 5.91 Å². The predicted octanol–water partition coefficient (Wildman–Crippen LogP) is 0.680. The van der Waals surface area contributed by atoms with Crippen LogP contribution >= 0.6 is 0 Å². The maximum Gasteiger partial charge on any atom is 0.317 e. The third kappa shape index (κ3) is 5.50. The van der Waals surface area contributed by atoms with Crippen molar-refractivity contribution in [3.05, 3.63) is 24.3 Å². The van der Waals surface area contributed by atoms with Crippen LogP contribution in [0.1, 0.15) is 13.3 Å². The number of piperazine rings is 1. The van der Waals surface area contributed by atoms with Crippen LogP contribution in [0.4, 0.5) is 4.79 Å². The second-order valence-corrected chi connectivity index (χ2v) is 6.80. The molecule has 0 bridgehead atoms. The van der Waals surface area contributed by atoms with Crippen LogP contribution in [0.2, 0.25) is 0 Å². The Hall–Kier alpha value is -2.48. The van der Waals surface area contributed by atoms with Crippen LogP contribution < -0.4 is 20.1 Å². The molecule has 8 nitrogen and oxygen atoms in total. The number of hydrogen-bond acceptors (Lipinski definition) is 5. The summed E-state index contributed by atoms with van der Waals surface area (Å²) in [6, 6.07) is 7.42. The lowest BCUT2D eigenvalue weighted by atomic mass is 10.2. The molecule has 148 valence electrons. The van der Waals surface area contributed by atoms with E-state index < -0.39 is 0 Å². The second-order valence-electron chi connectivity index (χ2n) is 6.80. The minimum absolute atomic E-state index is 0.0458. The second kappa shape index (κ2) is 9.45. The number of hydrogen-bond donors (Lipinski definition) is 2. The molecule has 2 N–H and O–H groups in total. The average molecular weight is 376 g/mol. The van der Waals surface area contributed by atoms with E-state index in [0.717, 1.165) is 12.2 Å². The molecule has 1 saturated heterocycles. The number of nitrogens with one attached hydrogen (secondary N) is 2. The van der Waals surface area contributed by atoms with Gasteiger partial charge in [-0.05, 0) is 18.6 Å². The normalized spacial score (nSPS) is 19.4. The number of rotatable bonds is 6. The third-order valence-corrected chi connectivity index (χ3v) is 4.65. The topological polar surface area (TPSA) is 83.1 Å². The van der Waals surface area contributed by atoms with Gasteiger partial charge in [-0.15, -0.1) is 0 Å². The van der Waals surface area contributed by atoms with Crippen LogP contribution in [-0.2, 0) is 4.79 Å². The van der Waals surface area contributed by atoms with Crippen molar-refractivity contribution in [2.75, 3.05) is 52.4 Å². The summed E-state index contributed by atoms with van der Waals surface area (Å²) in [5, 5.41) is 5.80. The largest absolute Gasteiger partial charge is 0.486 e. The van der Waals surface area contributed by atoms with Gasteiger partial charge in [0.1, 0.15) is 6.61 Å². The van der Waals surface area contributed by atoms with Crippen molar-refractivity contribution in [2.24, 2.45) is 0 Å². The van der Waals surface area contributed by atoms with E-state index in [1.54, 1.807) is 4.90 Å².